The Bertz CT molecular complexity index is 186. The Morgan fingerprint density at radius 3 is 2.18 bits per heavy atom. The summed E-state index contributed by atoms with van der Waals surface area (Å²) in [6, 6.07) is 0. The molecule has 0 aromatic heterocycles. The van der Waals surface area contributed by atoms with E-state index in [1.54, 1.807) is 5.01 Å². The lowest BCUT2D eigenvalue weighted by molar-refractivity contribution is 0.498. The first kappa shape index (κ1) is 9.95. The highest BCUT2D eigenvalue weighted by Crippen LogP contribution is 2.06. The minimum atomic E-state index is 1.08. The molecule has 0 atom stereocenters. The third-order valence-electron chi connectivity index (χ3n) is 1.31. The van der Waals surface area contributed by atoms with Crippen LogP contribution in [0.4, 0.5) is 0 Å². The van der Waals surface area contributed by atoms with Crippen LogP contribution in [0.2, 0.25) is 0 Å². The summed E-state index contributed by atoms with van der Waals surface area (Å²) in [4.78, 5) is 0. The van der Waals surface area contributed by atoms with E-state index in [0.717, 1.165) is 5.70 Å². The van der Waals surface area contributed by atoms with E-state index < -0.39 is 0 Å². The second-order valence-electron chi connectivity index (χ2n) is 2.62. The van der Waals surface area contributed by atoms with Crippen molar-refractivity contribution in [1.29, 1.82) is 0 Å². The summed E-state index contributed by atoms with van der Waals surface area (Å²) in [7, 11) is 0. The summed E-state index contributed by atoms with van der Waals surface area (Å²) < 4.78 is 0. The minimum absolute atomic E-state index is 1.08. The van der Waals surface area contributed by atoms with Gasteiger partial charge < -0.3 is 0 Å². The Kier molecular flexibility index (Phi) is 4.27. The number of hydrogen-bond donors (Lipinski definition) is 0. The standard InChI is InChI=1S/C9H16N2/c1-6-9(4)11(10-5)7-8(2)3/h6-7H,5H2,1-4H3/b9-6-. The number of allylic oxidation sites excluding steroid dienone is 3. The highest BCUT2D eigenvalue weighted by molar-refractivity contribution is 5.24. The molecule has 0 aliphatic rings. The molecule has 0 radical (unpaired) electrons. The summed E-state index contributed by atoms with van der Waals surface area (Å²) >= 11 is 0. The first-order chi connectivity index (χ1) is 5.11. The fourth-order valence-corrected chi connectivity index (χ4v) is 0.631. The van der Waals surface area contributed by atoms with Crippen molar-refractivity contribution in [1.82, 2.24) is 5.01 Å². The monoisotopic (exact) mass is 152 g/mol. The second-order valence-corrected chi connectivity index (χ2v) is 2.62. The first-order valence-electron chi connectivity index (χ1n) is 3.65. The third kappa shape index (κ3) is 3.61. The molecule has 62 valence electrons. The van der Waals surface area contributed by atoms with Crippen molar-refractivity contribution in [2.75, 3.05) is 0 Å². The largest absolute Gasteiger partial charge is 0.246 e. The van der Waals surface area contributed by atoms with E-state index >= 15 is 0 Å². The molecule has 0 aromatic rings. The Morgan fingerprint density at radius 1 is 1.36 bits per heavy atom. The van der Waals surface area contributed by atoms with Crippen molar-refractivity contribution < 1.29 is 0 Å². The van der Waals surface area contributed by atoms with Gasteiger partial charge in [0.25, 0.3) is 0 Å². The predicted octanol–water partition coefficient (Wildman–Crippen LogP) is 2.75. The molecular formula is C9H16N2. The topological polar surface area (TPSA) is 15.6 Å². The zero-order chi connectivity index (χ0) is 8.85. The van der Waals surface area contributed by atoms with Gasteiger partial charge in [-0.2, -0.15) is 5.10 Å². The zero-order valence-corrected chi connectivity index (χ0v) is 7.76. The predicted molar refractivity (Wildman–Crippen MR) is 50.3 cm³/mol. The lowest BCUT2D eigenvalue weighted by Crippen LogP contribution is -2.05. The van der Waals surface area contributed by atoms with E-state index in [-0.39, 0.29) is 0 Å². The average Bonchev–Trinajstić information content (AvgIpc) is 1.98. The van der Waals surface area contributed by atoms with Gasteiger partial charge in [-0.15, -0.1) is 0 Å². The Balaban J connectivity index is 4.42. The van der Waals surface area contributed by atoms with Gasteiger partial charge in [0.15, 0.2) is 0 Å². The van der Waals surface area contributed by atoms with Gasteiger partial charge in [0.1, 0.15) is 0 Å². The van der Waals surface area contributed by atoms with Gasteiger partial charge in [0, 0.05) is 18.6 Å². The molecule has 0 saturated heterocycles. The molecule has 0 aliphatic heterocycles. The molecule has 0 heterocycles. The maximum absolute atomic E-state index is 3.84. The van der Waals surface area contributed by atoms with Crippen LogP contribution in [0.3, 0.4) is 0 Å². The van der Waals surface area contributed by atoms with Gasteiger partial charge in [-0.1, -0.05) is 11.6 Å². The van der Waals surface area contributed by atoms with Crippen molar-refractivity contribution in [3.63, 3.8) is 0 Å². The van der Waals surface area contributed by atoms with Crippen LogP contribution in [0.5, 0.6) is 0 Å². The van der Waals surface area contributed by atoms with E-state index in [2.05, 4.69) is 11.8 Å². The lowest BCUT2D eigenvalue weighted by Gasteiger charge is -2.13. The first-order valence-corrected chi connectivity index (χ1v) is 3.65. The quantitative estimate of drug-likeness (QED) is 0.448. The fraction of sp³-hybridized carbons (Fsp3) is 0.444. The number of rotatable bonds is 3. The second kappa shape index (κ2) is 4.72. The SMILES string of the molecule is C=NN(C=C(C)C)/C(C)=C\C. The molecule has 0 rings (SSSR count). The van der Waals surface area contributed by atoms with Gasteiger partial charge in [-0.25, -0.2) is 5.01 Å². The summed E-state index contributed by atoms with van der Waals surface area (Å²) in [5.41, 5.74) is 2.29. The molecule has 11 heavy (non-hydrogen) atoms. The smallest absolute Gasteiger partial charge is 0.0345 e. The molecule has 2 nitrogen and oxygen atoms in total. The normalized spacial score (nSPS) is 10.7. The van der Waals surface area contributed by atoms with E-state index in [1.807, 2.05) is 40.0 Å². The van der Waals surface area contributed by atoms with E-state index in [4.69, 9.17) is 0 Å². The van der Waals surface area contributed by atoms with Crippen molar-refractivity contribution in [2.45, 2.75) is 27.7 Å². The van der Waals surface area contributed by atoms with Crippen LogP contribution >= 0.6 is 0 Å². The van der Waals surface area contributed by atoms with Gasteiger partial charge in [0.2, 0.25) is 0 Å². The molecule has 0 saturated carbocycles. The molecule has 2 heteroatoms. The fourth-order valence-electron chi connectivity index (χ4n) is 0.631. The summed E-state index contributed by atoms with van der Waals surface area (Å²) in [6.07, 6.45) is 3.94. The lowest BCUT2D eigenvalue weighted by atomic mass is 10.3. The maximum Gasteiger partial charge on any atom is 0.0345 e. The van der Waals surface area contributed by atoms with Gasteiger partial charge >= 0.3 is 0 Å². The zero-order valence-electron chi connectivity index (χ0n) is 7.76. The van der Waals surface area contributed by atoms with Crippen LogP contribution in [0.1, 0.15) is 27.7 Å². The molecule has 0 aromatic carbocycles. The maximum atomic E-state index is 3.84. The average molecular weight is 152 g/mol. The van der Waals surface area contributed by atoms with E-state index in [9.17, 15) is 0 Å². The van der Waals surface area contributed by atoms with Crippen molar-refractivity contribution in [3.8, 4) is 0 Å². The summed E-state index contributed by atoms with van der Waals surface area (Å²) in [5, 5.41) is 5.60. The number of hydrazone groups is 1. The van der Waals surface area contributed by atoms with Crippen molar-refractivity contribution in [3.05, 3.63) is 23.5 Å². The van der Waals surface area contributed by atoms with E-state index in [1.165, 1.54) is 5.57 Å². The summed E-state index contributed by atoms with van der Waals surface area (Å²) in [5.74, 6) is 0. The van der Waals surface area contributed by atoms with Crippen LogP contribution in [-0.2, 0) is 0 Å². The van der Waals surface area contributed by atoms with Crippen molar-refractivity contribution in [2.24, 2.45) is 5.10 Å². The summed E-state index contributed by atoms with van der Waals surface area (Å²) in [6.45, 7) is 11.5. The Labute approximate surface area is 68.9 Å². The van der Waals surface area contributed by atoms with Gasteiger partial charge in [-0.3, -0.25) is 0 Å². The van der Waals surface area contributed by atoms with Crippen molar-refractivity contribution >= 4 is 6.72 Å². The third-order valence-corrected chi connectivity index (χ3v) is 1.31. The molecule has 0 N–H and O–H groups in total. The Morgan fingerprint density at radius 2 is 1.91 bits per heavy atom. The molecule has 0 spiro atoms. The highest BCUT2D eigenvalue weighted by atomic mass is 15.4. The minimum Gasteiger partial charge on any atom is -0.246 e. The number of hydrogen-bond acceptors (Lipinski definition) is 2. The molecule has 0 aliphatic carbocycles. The van der Waals surface area contributed by atoms with Crippen LogP contribution in [0.15, 0.2) is 28.6 Å². The molecule has 0 bridgehead atoms. The van der Waals surface area contributed by atoms with Gasteiger partial charge in [0.05, 0.1) is 0 Å². The molecule has 0 unspecified atom stereocenters. The molecular weight excluding hydrogens is 136 g/mol. The molecule has 0 amide bonds. The van der Waals surface area contributed by atoms with E-state index in [0.29, 0.717) is 0 Å². The van der Waals surface area contributed by atoms with Gasteiger partial charge in [-0.05, 0) is 27.7 Å². The van der Waals surface area contributed by atoms with Crippen LogP contribution in [-0.4, -0.2) is 11.7 Å². The molecule has 0 fully saturated rings. The Hall–Kier alpha value is -1.05. The van der Waals surface area contributed by atoms with Crippen LogP contribution < -0.4 is 0 Å². The highest BCUT2D eigenvalue weighted by Gasteiger charge is 1.95. The van der Waals surface area contributed by atoms with Crippen LogP contribution in [0, 0.1) is 0 Å². The number of nitrogens with zero attached hydrogens (tertiary/aromatic N) is 2. The van der Waals surface area contributed by atoms with Crippen LogP contribution in [0.25, 0.3) is 0 Å².